The summed E-state index contributed by atoms with van der Waals surface area (Å²) in [6, 6.07) is 6.00. The summed E-state index contributed by atoms with van der Waals surface area (Å²) in [7, 11) is 0. The molecule has 2 heterocycles. The van der Waals surface area contributed by atoms with Gasteiger partial charge in [-0.05, 0) is 43.5 Å². The predicted molar refractivity (Wildman–Crippen MR) is 85.3 cm³/mol. The fourth-order valence-electron chi connectivity index (χ4n) is 2.89. The second-order valence-electron chi connectivity index (χ2n) is 5.98. The fraction of sp³-hybridized carbons (Fsp3) is 0.353. The van der Waals surface area contributed by atoms with Crippen LogP contribution in [0.4, 0.5) is 4.39 Å². The van der Waals surface area contributed by atoms with Gasteiger partial charge >= 0.3 is 0 Å². The Bertz CT molecular complexity index is 922. The van der Waals surface area contributed by atoms with Crippen molar-refractivity contribution in [1.82, 2.24) is 19.6 Å². The largest absolute Gasteiger partial charge is 0.293 e. The van der Waals surface area contributed by atoms with Crippen molar-refractivity contribution >= 4 is 10.9 Å². The molecule has 0 bridgehead atoms. The van der Waals surface area contributed by atoms with E-state index in [4.69, 9.17) is 0 Å². The lowest BCUT2D eigenvalue weighted by atomic mass is 10.2. The molecule has 1 aliphatic carbocycles. The molecule has 1 saturated carbocycles. The first kappa shape index (κ1) is 14.1. The van der Waals surface area contributed by atoms with Crippen LogP contribution in [-0.4, -0.2) is 19.6 Å². The fourth-order valence-corrected chi connectivity index (χ4v) is 2.89. The quantitative estimate of drug-likeness (QED) is 0.744. The Kier molecular flexibility index (Phi) is 3.25. The summed E-state index contributed by atoms with van der Waals surface area (Å²) < 4.78 is 16.3. The number of hydrogen-bond acceptors (Lipinski definition) is 3. The molecule has 1 aromatic carbocycles. The highest BCUT2D eigenvalue weighted by Crippen LogP contribution is 2.41. The van der Waals surface area contributed by atoms with Gasteiger partial charge in [-0.1, -0.05) is 6.92 Å². The molecular weight excluding hydrogens is 295 g/mol. The highest BCUT2D eigenvalue weighted by Gasteiger charge is 2.30. The van der Waals surface area contributed by atoms with Crippen LogP contribution in [0.5, 0.6) is 0 Å². The molecular formula is C17H17FN4O. The molecule has 0 radical (unpaired) electrons. The maximum Gasteiger partial charge on any atom is 0.293 e. The molecule has 23 heavy (non-hydrogen) atoms. The third kappa shape index (κ3) is 2.34. The lowest BCUT2D eigenvalue weighted by Gasteiger charge is -2.09. The van der Waals surface area contributed by atoms with Crippen molar-refractivity contribution in [3.05, 3.63) is 52.3 Å². The van der Waals surface area contributed by atoms with E-state index in [0.29, 0.717) is 23.7 Å². The first-order valence-electron chi connectivity index (χ1n) is 7.93. The standard InChI is InChI=1S/C17H17FN4O/c1-2-9-21-17(23)16-14(15(20-21)11-3-4-11)10-19-22(16)13-7-5-12(18)6-8-13/h5-8,10-11H,2-4,9H2,1H3. The summed E-state index contributed by atoms with van der Waals surface area (Å²) in [5, 5.41) is 9.75. The van der Waals surface area contributed by atoms with Crippen LogP contribution in [0, 0.1) is 5.82 Å². The van der Waals surface area contributed by atoms with Crippen LogP contribution in [0.15, 0.2) is 35.3 Å². The lowest BCUT2D eigenvalue weighted by Crippen LogP contribution is -2.26. The second kappa shape index (κ2) is 5.30. The summed E-state index contributed by atoms with van der Waals surface area (Å²) in [4.78, 5) is 12.8. The van der Waals surface area contributed by atoms with Crippen molar-refractivity contribution in [2.75, 3.05) is 0 Å². The number of aromatic nitrogens is 4. The highest BCUT2D eigenvalue weighted by molar-refractivity contribution is 5.82. The van der Waals surface area contributed by atoms with E-state index < -0.39 is 0 Å². The van der Waals surface area contributed by atoms with Crippen LogP contribution in [0.1, 0.15) is 37.8 Å². The number of halogens is 1. The molecule has 0 saturated heterocycles. The minimum absolute atomic E-state index is 0.145. The molecule has 2 aromatic heterocycles. The zero-order valence-corrected chi connectivity index (χ0v) is 12.9. The van der Waals surface area contributed by atoms with E-state index in [0.717, 1.165) is 30.3 Å². The zero-order valence-electron chi connectivity index (χ0n) is 12.9. The molecule has 3 aromatic rings. The molecule has 1 fully saturated rings. The van der Waals surface area contributed by atoms with Crippen molar-refractivity contribution in [1.29, 1.82) is 0 Å². The van der Waals surface area contributed by atoms with Crippen LogP contribution < -0.4 is 5.56 Å². The average molecular weight is 312 g/mol. The van der Waals surface area contributed by atoms with Crippen molar-refractivity contribution in [2.24, 2.45) is 0 Å². The minimum Gasteiger partial charge on any atom is -0.265 e. The first-order chi connectivity index (χ1) is 11.2. The second-order valence-corrected chi connectivity index (χ2v) is 5.98. The Morgan fingerprint density at radius 3 is 2.65 bits per heavy atom. The maximum absolute atomic E-state index is 13.2. The van der Waals surface area contributed by atoms with Crippen LogP contribution >= 0.6 is 0 Å². The molecule has 0 unspecified atom stereocenters. The van der Waals surface area contributed by atoms with Gasteiger partial charge in [-0.25, -0.2) is 13.8 Å². The number of benzene rings is 1. The third-order valence-electron chi connectivity index (χ3n) is 4.18. The van der Waals surface area contributed by atoms with E-state index in [-0.39, 0.29) is 11.4 Å². The Morgan fingerprint density at radius 2 is 2.00 bits per heavy atom. The monoisotopic (exact) mass is 312 g/mol. The number of nitrogens with zero attached hydrogens (tertiary/aromatic N) is 4. The van der Waals surface area contributed by atoms with Crippen LogP contribution in [0.3, 0.4) is 0 Å². The average Bonchev–Trinajstić information content (AvgIpc) is 3.29. The molecule has 5 nitrogen and oxygen atoms in total. The molecule has 118 valence electrons. The predicted octanol–water partition coefficient (Wildman–Crippen LogP) is 3.01. The topological polar surface area (TPSA) is 52.7 Å². The van der Waals surface area contributed by atoms with E-state index >= 15 is 0 Å². The summed E-state index contributed by atoms with van der Waals surface area (Å²) in [5.74, 6) is 0.112. The Labute approximate surface area is 132 Å². The first-order valence-corrected chi connectivity index (χ1v) is 7.93. The van der Waals surface area contributed by atoms with Gasteiger partial charge < -0.3 is 0 Å². The third-order valence-corrected chi connectivity index (χ3v) is 4.18. The van der Waals surface area contributed by atoms with Gasteiger partial charge in [-0.2, -0.15) is 10.2 Å². The normalized spacial score (nSPS) is 14.5. The number of rotatable bonds is 4. The van der Waals surface area contributed by atoms with E-state index in [1.807, 2.05) is 6.92 Å². The summed E-state index contributed by atoms with van der Waals surface area (Å²) >= 11 is 0. The summed E-state index contributed by atoms with van der Waals surface area (Å²) in [6.45, 7) is 2.61. The van der Waals surface area contributed by atoms with Crippen molar-refractivity contribution < 1.29 is 4.39 Å². The molecule has 4 rings (SSSR count). The van der Waals surface area contributed by atoms with Crippen molar-refractivity contribution in [2.45, 2.75) is 38.6 Å². The van der Waals surface area contributed by atoms with Gasteiger partial charge in [0.1, 0.15) is 11.3 Å². The van der Waals surface area contributed by atoms with Gasteiger partial charge in [-0.3, -0.25) is 4.79 Å². The smallest absolute Gasteiger partial charge is 0.265 e. The molecule has 0 N–H and O–H groups in total. The van der Waals surface area contributed by atoms with Gasteiger partial charge in [0.05, 0.1) is 17.6 Å². The SMILES string of the molecule is CCCn1nc(C2CC2)c2cnn(-c3ccc(F)cc3)c2c1=O. The van der Waals surface area contributed by atoms with Gasteiger partial charge in [0.2, 0.25) is 0 Å². The maximum atomic E-state index is 13.2. The van der Waals surface area contributed by atoms with E-state index in [1.54, 1.807) is 23.0 Å². The van der Waals surface area contributed by atoms with Crippen molar-refractivity contribution in [3.8, 4) is 5.69 Å². The lowest BCUT2D eigenvalue weighted by molar-refractivity contribution is 0.561. The molecule has 0 aliphatic heterocycles. The molecule has 1 aliphatic rings. The molecule has 0 spiro atoms. The number of hydrogen-bond donors (Lipinski definition) is 0. The minimum atomic E-state index is -0.311. The zero-order chi connectivity index (χ0) is 16.0. The molecule has 0 amide bonds. The Morgan fingerprint density at radius 1 is 1.26 bits per heavy atom. The number of aryl methyl sites for hydroxylation is 1. The van der Waals surface area contributed by atoms with Crippen LogP contribution in [0.2, 0.25) is 0 Å². The van der Waals surface area contributed by atoms with Crippen LogP contribution in [0.25, 0.3) is 16.6 Å². The highest BCUT2D eigenvalue weighted by atomic mass is 19.1. The molecule has 0 atom stereocenters. The van der Waals surface area contributed by atoms with Gasteiger partial charge in [-0.15, -0.1) is 0 Å². The summed E-state index contributed by atoms with van der Waals surface area (Å²) in [5.41, 5.74) is 2.02. The van der Waals surface area contributed by atoms with Gasteiger partial charge in [0, 0.05) is 17.8 Å². The number of fused-ring (bicyclic) bond motifs is 1. The Balaban J connectivity index is 1.99. The Hall–Kier alpha value is -2.50. The molecule has 6 heteroatoms. The van der Waals surface area contributed by atoms with E-state index in [2.05, 4.69) is 10.2 Å². The van der Waals surface area contributed by atoms with E-state index in [9.17, 15) is 9.18 Å². The summed E-state index contributed by atoms with van der Waals surface area (Å²) in [6.07, 6.45) is 4.76. The van der Waals surface area contributed by atoms with Crippen molar-refractivity contribution in [3.63, 3.8) is 0 Å². The van der Waals surface area contributed by atoms with E-state index in [1.165, 1.54) is 16.8 Å². The van der Waals surface area contributed by atoms with Crippen LogP contribution in [-0.2, 0) is 6.54 Å². The van der Waals surface area contributed by atoms with Gasteiger partial charge in [0.25, 0.3) is 5.56 Å². The van der Waals surface area contributed by atoms with Gasteiger partial charge in [0.15, 0.2) is 0 Å².